The molecule has 2 heterocycles. The molecule has 0 saturated carbocycles. The predicted molar refractivity (Wildman–Crippen MR) is 56.3 cm³/mol. The van der Waals surface area contributed by atoms with Gasteiger partial charge in [-0.2, -0.15) is 0 Å². The number of hydrogen-bond donors (Lipinski definition) is 3. The van der Waals surface area contributed by atoms with Crippen LogP contribution in [0.5, 0.6) is 0 Å². The van der Waals surface area contributed by atoms with Crippen molar-refractivity contribution in [2.45, 2.75) is 19.3 Å². The summed E-state index contributed by atoms with van der Waals surface area (Å²) in [4.78, 5) is 27.7. The Morgan fingerprint density at radius 1 is 1.65 bits per heavy atom. The first kappa shape index (κ1) is 11.4. The normalized spacial score (nSPS) is 20.8. The van der Waals surface area contributed by atoms with Gasteiger partial charge in [0, 0.05) is 7.05 Å². The van der Waals surface area contributed by atoms with Crippen molar-refractivity contribution in [3.8, 4) is 0 Å². The molecule has 2 rings (SSSR count). The number of aliphatic hydroxyl groups excluding tert-OH is 1. The molecule has 1 aliphatic heterocycles. The van der Waals surface area contributed by atoms with Crippen LogP contribution in [-0.4, -0.2) is 49.9 Å². The number of rotatable bonds is 2. The van der Waals surface area contributed by atoms with Crippen molar-refractivity contribution < 1.29 is 19.8 Å². The lowest BCUT2D eigenvalue weighted by Crippen LogP contribution is -2.47. The average Bonchev–Trinajstić information content (AvgIpc) is 2.68. The number of aromatic nitrogens is 2. The van der Waals surface area contributed by atoms with Crippen LogP contribution in [0, 0.1) is 0 Å². The Labute approximate surface area is 96.5 Å². The minimum absolute atomic E-state index is 0.132. The number of hydrogen-bond acceptors (Lipinski definition) is 5. The van der Waals surface area contributed by atoms with Crippen LogP contribution in [0.25, 0.3) is 0 Å². The monoisotopic (exact) mass is 240 g/mol. The molecule has 0 spiro atoms. The molecule has 17 heavy (non-hydrogen) atoms. The number of carbonyl (C=O) groups excluding carboxylic acids is 1. The fourth-order valence-electron chi connectivity index (χ4n) is 1.59. The van der Waals surface area contributed by atoms with Gasteiger partial charge in [0.15, 0.2) is 11.5 Å². The molecule has 8 heteroatoms. The zero-order chi connectivity index (χ0) is 12.7. The van der Waals surface area contributed by atoms with E-state index in [1.54, 1.807) is 0 Å². The van der Waals surface area contributed by atoms with E-state index in [0.717, 1.165) is 4.90 Å². The molecular formula is C9H12N4O4. The number of anilines is 1. The fourth-order valence-corrected chi connectivity index (χ4v) is 1.59. The summed E-state index contributed by atoms with van der Waals surface area (Å²) in [6.07, 6.45) is 0.110. The topological polar surface area (TPSA) is 108 Å². The maximum atomic E-state index is 11.9. The third-order valence-corrected chi connectivity index (χ3v) is 2.72. The molecule has 0 aliphatic carbocycles. The summed E-state index contributed by atoms with van der Waals surface area (Å²) in [6.45, 7) is 1.45. The Balaban J connectivity index is 2.48. The highest BCUT2D eigenvalue weighted by Crippen LogP contribution is 2.24. The lowest BCUT2D eigenvalue weighted by Gasteiger charge is -2.30. The molecule has 3 N–H and O–H groups in total. The number of carbonyl (C=O) groups is 2. The van der Waals surface area contributed by atoms with Crippen molar-refractivity contribution in [3.05, 3.63) is 12.0 Å². The zero-order valence-corrected chi connectivity index (χ0v) is 9.28. The van der Waals surface area contributed by atoms with E-state index in [9.17, 15) is 14.7 Å². The first-order chi connectivity index (χ1) is 7.93. The van der Waals surface area contributed by atoms with E-state index in [1.807, 2.05) is 0 Å². The number of fused-ring (bicyclic) bond motifs is 1. The summed E-state index contributed by atoms with van der Waals surface area (Å²) >= 11 is 0. The molecule has 0 saturated heterocycles. The van der Waals surface area contributed by atoms with Crippen molar-refractivity contribution in [1.29, 1.82) is 0 Å². The van der Waals surface area contributed by atoms with Gasteiger partial charge in [0.25, 0.3) is 5.91 Å². The largest absolute Gasteiger partial charge is 0.480 e. The Bertz CT molecular complexity index is 483. The number of aliphatic hydroxyl groups is 1. The van der Waals surface area contributed by atoms with E-state index in [2.05, 4.69) is 10.3 Å². The molecule has 0 fully saturated rings. The molecule has 92 valence electrons. The van der Waals surface area contributed by atoms with Gasteiger partial charge in [-0.25, -0.2) is 9.78 Å². The molecule has 8 nitrogen and oxygen atoms in total. The SMILES string of the molecule is C[C@@H](C(=O)O)n1cnc2c1C(=O)N(C)C(O)N2. The predicted octanol–water partition coefficient (Wildman–Crippen LogP) is -0.698. The second-order valence-electron chi connectivity index (χ2n) is 3.80. The van der Waals surface area contributed by atoms with Crippen molar-refractivity contribution in [3.63, 3.8) is 0 Å². The first-order valence-corrected chi connectivity index (χ1v) is 4.95. The molecule has 2 atom stereocenters. The highest BCUT2D eigenvalue weighted by molar-refractivity contribution is 5.99. The van der Waals surface area contributed by atoms with Crippen molar-refractivity contribution >= 4 is 17.7 Å². The fraction of sp³-hybridized carbons (Fsp3) is 0.444. The number of carboxylic acid groups (broad SMARTS) is 1. The molecule has 0 radical (unpaired) electrons. The summed E-state index contributed by atoms with van der Waals surface area (Å²) in [5.74, 6) is -1.35. The summed E-state index contributed by atoms with van der Waals surface area (Å²) < 4.78 is 1.26. The zero-order valence-electron chi connectivity index (χ0n) is 9.28. The van der Waals surface area contributed by atoms with Gasteiger partial charge in [0.1, 0.15) is 6.04 Å². The van der Waals surface area contributed by atoms with Gasteiger partial charge in [-0.15, -0.1) is 0 Å². The van der Waals surface area contributed by atoms with Crippen LogP contribution in [0.15, 0.2) is 6.33 Å². The van der Waals surface area contributed by atoms with Crippen LogP contribution in [0.4, 0.5) is 5.82 Å². The standard InChI is InChI=1S/C9H12N4O4/c1-4(8(15)16)13-3-10-6-5(13)7(14)12(2)9(17)11-6/h3-4,9,11,17H,1-2H3,(H,15,16)/t4-,9?/m0/s1. The Hall–Kier alpha value is -2.09. The maximum Gasteiger partial charge on any atom is 0.326 e. The van der Waals surface area contributed by atoms with Crippen LogP contribution >= 0.6 is 0 Å². The number of nitrogens with one attached hydrogen (secondary N) is 1. The van der Waals surface area contributed by atoms with Crippen molar-refractivity contribution in [1.82, 2.24) is 14.5 Å². The number of nitrogens with zero attached hydrogens (tertiary/aromatic N) is 3. The van der Waals surface area contributed by atoms with Crippen LogP contribution in [0.2, 0.25) is 0 Å². The van der Waals surface area contributed by atoms with E-state index in [-0.39, 0.29) is 11.5 Å². The van der Waals surface area contributed by atoms with Crippen molar-refractivity contribution in [2.75, 3.05) is 12.4 Å². The van der Waals surface area contributed by atoms with Crippen LogP contribution in [-0.2, 0) is 4.79 Å². The van der Waals surface area contributed by atoms with Gasteiger partial charge in [-0.1, -0.05) is 0 Å². The molecule has 0 aromatic carbocycles. The smallest absolute Gasteiger partial charge is 0.326 e. The molecule has 1 amide bonds. The first-order valence-electron chi connectivity index (χ1n) is 4.95. The Morgan fingerprint density at radius 2 is 2.29 bits per heavy atom. The number of aliphatic carboxylic acids is 1. The number of amides is 1. The van der Waals surface area contributed by atoms with Crippen LogP contribution < -0.4 is 5.32 Å². The van der Waals surface area contributed by atoms with E-state index in [1.165, 1.54) is 24.9 Å². The van der Waals surface area contributed by atoms with E-state index in [4.69, 9.17) is 5.11 Å². The van der Waals surface area contributed by atoms with E-state index >= 15 is 0 Å². The summed E-state index contributed by atoms with van der Waals surface area (Å²) in [5.41, 5.74) is 0.132. The Morgan fingerprint density at radius 3 is 2.88 bits per heavy atom. The van der Waals surface area contributed by atoms with Gasteiger partial charge in [0.2, 0.25) is 6.35 Å². The second kappa shape index (κ2) is 3.74. The van der Waals surface area contributed by atoms with Gasteiger partial charge >= 0.3 is 5.97 Å². The molecule has 1 aliphatic rings. The minimum Gasteiger partial charge on any atom is -0.480 e. The summed E-state index contributed by atoms with van der Waals surface area (Å²) in [5, 5.41) is 21.0. The van der Waals surface area contributed by atoms with Gasteiger partial charge in [-0.05, 0) is 6.92 Å². The number of imidazole rings is 1. The summed E-state index contributed by atoms with van der Waals surface area (Å²) in [7, 11) is 1.41. The van der Waals surface area contributed by atoms with Gasteiger partial charge in [0.05, 0.1) is 6.33 Å². The van der Waals surface area contributed by atoms with Gasteiger partial charge in [-0.3, -0.25) is 9.69 Å². The second-order valence-corrected chi connectivity index (χ2v) is 3.80. The third-order valence-electron chi connectivity index (χ3n) is 2.72. The quantitative estimate of drug-likeness (QED) is 0.631. The van der Waals surface area contributed by atoms with Crippen LogP contribution in [0.3, 0.4) is 0 Å². The van der Waals surface area contributed by atoms with Crippen LogP contribution in [0.1, 0.15) is 23.5 Å². The molecular weight excluding hydrogens is 228 g/mol. The highest BCUT2D eigenvalue weighted by Gasteiger charge is 2.34. The van der Waals surface area contributed by atoms with Gasteiger partial charge < -0.3 is 20.1 Å². The molecule has 0 bridgehead atoms. The molecule has 1 aromatic rings. The molecule has 1 aromatic heterocycles. The molecule has 1 unspecified atom stereocenters. The summed E-state index contributed by atoms with van der Waals surface area (Å²) in [6, 6.07) is -0.902. The highest BCUT2D eigenvalue weighted by atomic mass is 16.4. The number of carboxylic acids is 1. The van der Waals surface area contributed by atoms with E-state index in [0.29, 0.717) is 0 Å². The average molecular weight is 240 g/mol. The minimum atomic E-state index is -1.15. The lowest BCUT2D eigenvalue weighted by molar-refractivity contribution is -0.140. The third kappa shape index (κ3) is 1.62. The maximum absolute atomic E-state index is 11.9. The lowest BCUT2D eigenvalue weighted by atomic mass is 10.2. The Kier molecular flexibility index (Phi) is 2.50. The van der Waals surface area contributed by atoms with E-state index < -0.39 is 24.3 Å². The van der Waals surface area contributed by atoms with Crippen molar-refractivity contribution in [2.24, 2.45) is 0 Å².